The number of hydrogen-bond donors (Lipinski definition) is 3. The van der Waals surface area contributed by atoms with E-state index in [1.54, 1.807) is 0 Å². The molecule has 0 spiro atoms. The molecule has 1 saturated carbocycles. The molecular weight excluding hydrogens is 190 g/mol. The van der Waals surface area contributed by atoms with Crippen molar-refractivity contribution < 1.29 is 8.42 Å². The predicted octanol–water partition coefficient (Wildman–Crippen LogP) is -0.718. The zero-order chi connectivity index (χ0) is 9.31. The summed E-state index contributed by atoms with van der Waals surface area (Å²) < 4.78 is 27.9. The monoisotopic (exact) mass is 205 g/mol. The van der Waals surface area contributed by atoms with Gasteiger partial charge in [0.2, 0.25) is 0 Å². The van der Waals surface area contributed by atoms with Gasteiger partial charge in [-0.05, 0) is 32.2 Å². The summed E-state index contributed by atoms with van der Waals surface area (Å²) in [6.45, 7) is 0.899. The lowest BCUT2D eigenvalue weighted by molar-refractivity contribution is 0.519. The van der Waals surface area contributed by atoms with Gasteiger partial charge in [0, 0.05) is 6.04 Å². The zero-order valence-corrected chi connectivity index (χ0v) is 8.23. The molecule has 0 aromatic heterocycles. The van der Waals surface area contributed by atoms with Gasteiger partial charge in [-0.15, -0.1) is 0 Å². The SMILES string of the molecule is O=S(=O)(NC1CC1)NC1CCCN1. The molecule has 0 radical (unpaired) electrons. The summed E-state index contributed by atoms with van der Waals surface area (Å²) in [6.07, 6.45) is 3.79. The molecule has 0 amide bonds. The molecule has 5 nitrogen and oxygen atoms in total. The third-order valence-corrected chi connectivity index (χ3v) is 3.50. The van der Waals surface area contributed by atoms with Gasteiger partial charge >= 0.3 is 0 Å². The van der Waals surface area contributed by atoms with Crippen molar-refractivity contribution in [3.05, 3.63) is 0 Å². The van der Waals surface area contributed by atoms with Gasteiger partial charge in [0.1, 0.15) is 0 Å². The van der Waals surface area contributed by atoms with Crippen LogP contribution in [0.4, 0.5) is 0 Å². The maximum atomic E-state index is 11.4. The highest BCUT2D eigenvalue weighted by Gasteiger charge is 2.28. The fraction of sp³-hybridized carbons (Fsp3) is 1.00. The van der Waals surface area contributed by atoms with Crippen LogP contribution in [0.2, 0.25) is 0 Å². The minimum absolute atomic E-state index is 0.0729. The van der Waals surface area contributed by atoms with E-state index < -0.39 is 10.2 Å². The molecule has 2 aliphatic rings. The van der Waals surface area contributed by atoms with Crippen molar-refractivity contribution in [2.24, 2.45) is 0 Å². The molecule has 0 bridgehead atoms. The van der Waals surface area contributed by atoms with Crippen LogP contribution in [-0.2, 0) is 10.2 Å². The Kier molecular flexibility index (Phi) is 2.55. The van der Waals surface area contributed by atoms with Crippen LogP contribution in [0.1, 0.15) is 25.7 Å². The Morgan fingerprint density at radius 3 is 2.46 bits per heavy atom. The Labute approximate surface area is 78.5 Å². The zero-order valence-electron chi connectivity index (χ0n) is 7.41. The molecule has 1 saturated heterocycles. The van der Waals surface area contributed by atoms with Crippen molar-refractivity contribution in [1.82, 2.24) is 14.8 Å². The maximum absolute atomic E-state index is 11.4. The van der Waals surface area contributed by atoms with E-state index in [4.69, 9.17) is 0 Å². The van der Waals surface area contributed by atoms with E-state index in [0.29, 0.717) is 0 Å². The van der Waals surface area contributed by atoms with E-state index in [-0.39, 0.29) is 12.2 Å². The third kappa shape index (κ3) is 2.91. The topological polar surface area (TPSA) is 70.2 Å². The standard InChI is InChI=1S/C7H15N3O2S/c11-13(12,9-6-3-4-6)10-7-2-1-5-8-7/h6-10H,1-5H2. The van der Waals surface area contributed by atoms with Gasteiger partial charge in [0.25, 0.3) is 10.2 Å². The van der Waals surface area contributed by atoms with E-state index in [1.165, 1.54) is 0 Å². The van der Waals surface area contributed by atoms with E-state index in [2.05, 4.69) is 14.8 Å². The molecule has 1 aliphatic heterocycles. The summed E-state index contributed by atoms with van der Waals surface area (Å²) in [5.74, 6) is 0. The largest absolute Gasteiger partial charge is 0.301 e. The molecule has 2 fully saturated rings. The summed E-state index contributed by atoms with van der Waals surface area (Å²) in [7, 11) is -3.26. The Morgan fingerprint density at radius 2 is 1.92 bits per heavy atom. The molecular formula is C7H15N3O2S. The molecule has 0 aromatic carbocycles. The molecule has 2 rings (SSSR count). The summed E-state index contributed by atoms with van der Waals surface area (Å²) in [5.41, 5.74) is 0. The molecule has 1 atom stereocenters. The second kappa shape index (κ2) is 3.53. The number of rotatable bonds is 4. The van der Waals surface area contributed by atoms with Crippen LogP contribution in [-0.4, -0.2) is 27.2 Å². The van der Waals surface area contributed by atoms with Crippen LogP contribution >= 0.6 is 0 Å². The van der Waals surface area contributed by atoms with Crippen molar-refractivity contribution in [3.8, 4) is 0 Å². The average molecular weight is 205 g/mol. The maximum Gasteiger partial charge on any atom is 0.278 e. The van der Waals surface area contributed by atoms with Crippen LogP contribution in [0.15, 0.2) is 0 Å². The van der Waals surface area contributed by atoms with Gasteiger partial charge in [-0.3, -0.25) is 0 Å². The average Bonchev–Trinajstić information content (AvgIpc) is 2.64. The highest BCUT2D eigenvalue weighted by Crippen LogP contribution is 2.19. The van der Waals surface area contributed by atoms with E-state index >= 15 is 0 Å². The summed E-state index contributed by atoms with van der Waals surface area (Å²) in [4.78, 5) is 0. The van der Waals surface area contributed by atoms with E-state index in [9.17, 15) is 8.42 Å². The first-order valence-electron chi connectivity index (χ1n) is 4.69. The molecule has 1 aliphatic carbocycles. The lowest BCUT2D eigenvalue weighted by atomic mass is 10.3. The van der Waals surface area contributed by atoms with Crippen LogP contribution in [0.5, 0.6) is 0 Å². The van der Waals surface area contributed by atoms with Gasteiger partial charge in [0.05, 0.1) is 6.17 Å². The second-order valence-corrected chi connectivity index (χ2v) is 5.14. The third-order valence-electron chi connectivity index (χ3n) is 2.26. The summed E-state index contributed by atoms with van der Waals surface area (Å²) >= 11 is 0. The molecule has 3 N–H and O–H groups in total. The lowest BCUT2D eigenvalue weighted by Crippen LogP contribution is -2.47. The van der Waals surface area contributed by atoms with Gasteiger partial charge in [0.15, 0.2) is 0 Å². The van der Waals surface area contributed by atoms with Crippen molar-refractivity contribution >= 4 is 10.2 Å². The second-order valence-electron chi connectivity index (χ2n) is 3.66. The van der Waals surface area contributed by atoms with E-state index in [0.717, 1.165) is 32.2 Å². The highest BCUT2D eigenvalue weighted by molar-refractivity contribution is 7.87. The fourth-order valence-electron chi connectivity index (χ4n) is 1.43. The normalized spacial score (nSPS) is 29.4. The van der Waals surface area contributed by atoms with Crippen LogP contribution in [0.25, 0.3) is 0 Å². The summed E-state index contributed by atoms with van der Waals surface area (Å²) in [6, 6.07) is 0.180. The number of hydrogen-bond acceptors (Lipinski definition) is 3. The fourth-order valence-corrected chi connectivity index (χ4v) is 2.75. The van der Waals surface area contributed by atoms with Crippen LogP contribution in [0, 0.1) is 0 Å². The molecule has 76 valence electrons. The smallest absolute Gasteiger partial charge is 0.278 e. The Morgan fingerprint density at radius 1 is 1.15 bits per heavy atom. The molecule has 6 heteroatoms. The van der Waals surface area contributed by atoms with Gasteiger partial charge in [-0.1, -0.05) is 0 Å². The lowest BCUT2D eigenvalue weighted by Gasteiger charge is -2.13. The number of nitrogens with one attached hydrogen (secondary N) is 3. The van der Waals surface area contributed by atoms with Crippen LogP contribution in [0.3, 0.4) is 0 Å². The van der Waals surface area contributed by atoms with E-state index in [1.807, 2.05) is 0 Å². The van der Waals surface area contributed by atoms with Gasteiger partial charge in [-0.2, -0.15) is 17.9 Å². The predicted molar refractivity (Wildman–Crippen MR) is 49.2 cm³/mol. The first kappa shape index (κ1) is 9.39. The van der Waals surface area contributed by atoms with Crippen molar-refractivity contribution in [2.45, 2.75) is 37.9 Å². The first-order chi connectivity index (χ1) is 6.16. The molecule has 13 heavy (non-hydrogen) atoms. The molecule has 1 unspecified atom stereocenters. The molecule has 1 heterocycles. The van der Waals surface area contributed by atoms with Crippen molar-refractivity contribution in [3.63, 3.8) is 0 Å². The van der Waals surface area contributed by atoms with Gasteiger partial charge < -0.3 is 5.32 Å². The van der Waals surface area contributed by atoms with Crippen molar-refractivity contribution in [2.75, 3.05) is 6.54 Å². The Bertz CT molecular complexity index is 267. The minimum atomic E-state index is -3.26. The van der Waals surface area contributed by atoms with Gasteiger partial charge in [-0.25, -0.2) is 0 Å². The Balaban J connectivity index is 1.83. The minimum Gasteiger partial charge on any atom is -0.301 e. The first-order valence-corrected chi connectivity index (χ1v) is 6.17. The van der Waals surface area contributed by atoms with Crippen LogP contribution < -0.4 is 14.8 Å². The molecule has 0 aromatic rings. The Hall–Kier alpha value is -0.170. The quantitative estimate of drug-likeness (QED) is 0.567. The van der Waals surface area contributed by atoms with Crippen molar-refractivity contribution in [1.29, 1.82) is 0 Å². The highest BCUT2D eigenvalue weighted by atomic mass is 32.2. The summed E-state index contributed by atoms with van der Waals surface area (Å²) in [5, 5.41) is 3.08.